The minimum absolute atomic E-state index is 0.530. The summed E-state index contributed by atoms with van der Waals surface area (Å²) in [5, 5.41) is 0.578. The molecule has 0 aliphatic rings. The molecule has 0 radical (unpaired) electrons. The molecule has 1 aromatic carbocycles. The maximum absolute atomic E-state index is 5.80. The molecule has 0 unspecified atom stereocenters. The molecular weight excluding hydrogens is 172 g/mol. The standard InChI is InChI=1S/C9H11ClN2/c10-8-6-7(2-1-5-11)3-4-9(8)12/h1-4,6H,5,11-12H2. The molecular formula is C9H11ClN2. The second-order valence-corrected chi connectivity index (χ2v) is 2.83. The van der Waals surface area contributed by atoms with Crippen LogP contribution in [0.3, 0.4) is 0 Å². The van der Waals surface area contributed by atoms with Crippen LogP contribution in [0.1, 0.15) is 5.56 Å². The molecule has 0 heterocycles. The molecule has 0 aromatic heterocycles. The summed E-state index contributed by atoms with van der Waals surface area (Å²) in [5.74, 6) is 0. The highest BCUT2D eigenvalue weighted by Gasteiger charge is 1.94. The Kier molecular flexibility index (Phi) is 3.14. The van der Waals surface area contributed by atoms with Crippen LogP contribution in [0.4, 0.5) is 5.69 Å². The summed E-state index contributed by atoms with van der Waals surface area (Å²) in [7, 11) is 0. The van der Waals surface area contributed by atoms with Crippen molar-refractivity contribution in [2.24, 2.45) is 5.73 Å². The van der Waals surface area contributed by atoms with Crippen LogP contribution >= 0.6 is 11.6 Å². The highest BCUT2D eigenvalue weighted by Crippen LogP contribution is 2.20. The molecule has 1 aromatic rings. The summed E-state index contributed by atoms with van der Waals surface area (Å²) in [6.07, 6.45) is 3.77. The summed E-state index contributed by atoms with van der Waals surface area (Å²) in [6, 6.07) is 5.48. The summed E-state index contributed by atoms with van der Waals surface area (Å²) in [4.78, 5) is 0. The summed E-state index contributed by atoms with van der Waals surface area (Å²) in [6.45, 7) is 0.530. The largest absolute Gasteiger partial charge is 0.398 e. The number of anilines is 1. The molecule has 0 saturated heterocycles. The van der Waals surface area contributed by atoms with Gasteiger partial charge in [-0.1, -0.05) is 29.8 Å². The Hall–Kier alpha value is -0.990. The van der Waals surface area contributed by atoms with Crippen molar-refractivity contribution in [3.8, 4) is 0 Å². The number of benzene rings is 1. The van der Waals surface area contributed by atoms with E-state index in [0.29, 0.717) is 17.3 Å². The van der Waals surface area contributed by atoms with Crippen molar-refractivity contribution >= 4 is 23.4 Å². The summed E-state index contributed by atoms with van der Waals surface area (Å²) in [5.41, 5.74) is 12.4. The molecule has 12 heavy (non-hydrogen) atoms. The van der Waals surface area contributed by atoms with Crippen LogP contribution < -0.4 is 11.5 Å². The minimum Gasteiger partial charge on any atom is -0.398 e. The number of hydrogen-bond acceptors (Lipinski definition) is 2. The molecule has 0 atom stereocenters. The van der Waals surface area contributed by atoms with E-state index in [1.807, 2.05) is 24.3 Å². The van der Waals surface area contributed by atoms with E-state index in [-0.39, 0.29) is 0 Å². The average molecular weight is 183 g/mol. The maximum Gasteiger partial charge on any atom is 0.0641 e. The molecule has 2 nitrogen and oxygen atoms in total. The van der Waals surface area contributed by atoms with Gasteiger partial charge in [0.15, 0.2) is 0 Å². The topological polar surface area (TPSA) is 52.0 Å². The van der Waals surface area contributed by atoms with Gasteiger partial charge in [-0.05, 0) is 17.7 Å². The fourth-order valence-corrected chi connectivity index (χ4v) is 1.04. The molecule has 0 aliphatic heterocycles. The number of halogens is 1. The molecule has 0 aliphatic carbocycles. The van der Waals surface area contributed by atoms with Crippen molar-refractivity contribution in [1.82, 2.24) is 0 Å². The van der Waals surface area contributed by atoms with Crippen LogP contribution in [0.5, 0.6) is 0 Å². The van der Waals surface area contributed by atoms with Gasteiger partial charge in [0, 0.05) is 6.54 Å². The van der Waals surface area contributed by atoms with Gasteiger partial charge in [0.25, 0.3) is 0 Å². The lowest BCUT2D eigenvalue weighted by Gasteiger charge is -1.98. The van der Waals surface area contributed by atoms with E-state index in [0.717, 1.165) is 5.56 Å². The second-order valence-electron chi connectivity index (χ2n) is 2.42. The Morgan fingerprint density at radius 3 is 2.75 bits per heavy atom. The van der Waals surface area contributed by atoms with E-state index in [2.05, 4.69) is 0 Å². The van der Waals surface area contributed by atoms with Crippen molar-refractivity contribution in [3.05, 3.63) is 34.9 Å². The molecule has 64 valence electrons. The van der Waals surface area contributed by atoms with Gasteiger partial charge in [-0.2, -0.15) is 0 Å². The first kappa shape index (κ1) is 9.10. The Morgan fingerprint density at radius 2 is 2.17 bits per heavy atom. The van der Waals surface area contributed by atoms with Crippen LogP contribution in [0.2, 0.25) is 5.02 Å². The molecule has 3 heteroatoms. The van der Waals surface area contributed by atoms with Crippen molar-refractivity contribution < 1.29 is 0 Å². The first-order valence-corrected chi connectivity index (χ1v) is 4.03. The van der Waals surface area contributed by atoms with Gasteiger partial charge in [0.2, 0.25) is 0 Å². The van der Waals surface area contributed by atoms with Gasteiger partial charge in [-0.3, -0.25) is 0 Å². The second kappa shape index (κ2) is 4.14. The number of nitrogens with two attached hydrogens (primary N) is 2. The third-order valence-electron chi connectivity index (χ3n) is 1.47. The minimum atomic E-state index is 0.530. The van der Waals surface area contributed by atoms with Gasteiger partial charge in [-0.15, -0.1) is 0 Å². The van der Waals surface area contributed by atoms with E-state index in [1.54, 1.807) is 6.07 Å². The van der Waals surface area contributed by atoms with Crippen LogP contribution in [0.25, 0.3) is 6.08 Å². The zero-order valence-electron chi connectivity index (χ0n) is 6.63. The zero-order chi connectivity index (χ0) is 8.97. The lowest BCUT2D eigenvalue weighted by atomic mass is 10.2. The lowest BCUT2D eigenvalue weighted by Crippen LogP contribution is -1.92. The predicted octanol–water partition coefficient (Wildman–Crippen LogP) is 1.89. The molecule has 0 spiro atoms. The molecule has 0 amide bonds. The molecule has 0 bridgehead atoms. The molecule has 1 rings (SSSR count). The van der Waals surface area contributed by atoms with Gasteiger partial charge < -0.3 is 11.5 Å². The lowest BCUT2D eigenvalue weighted by molar-refractivity contribution is 1.26. The average Bonchev–Trinajstić information content (AvgIpc) is 2.07. The number of rotatable bonds is 2. The highest BCUT2D eigenvalue weighted by atomic mass is 35.5. The fraction of sp³-hybridized carbons (Fsp3) is 0.111. The highest BCUT2D eigenvalue weighted by molar-refractivity contribution is 6.33. The van der Waals surface area contributed by atoms with Crippen molar-refractivity contribution in [1.29, 1.82) is 0 Å². The Bertz CT molecular complexity index is 295. The van der Waals surface area contributed by atoms with E-state index in [1.165, 1.54) is 0 Å². The number of hydrogen-bond donors (Lipinski definition) is 2. The predicted molar refractivity (Wildman–Crippen MR) is 54.0 cm³/mol. The smallest absolute Gasteiger partial charge is 0.0641 e. The van der Waals surface area contributed by atoms with Gasteiger partial charge in [0.1, 0.15) is 0 Å². The van der Waals surface area contributed by atoms with E-state index in [9.17, 15) is 0 Å². The van der Waals surface area contributed by atoms with E-state index in [4.69, 9.17) is 23.1 Å². The van der Waals surface area contributed by atoms with Crippen LogP contribution in [0.15, 0.2) is 24.3 Å². The molecule has 0 fully saturated rings. The van der Waals surface area contributed by atoms with Crippen LogP contribution in [0, 0.1) is 0 Å². The first-order valence-electron chi connectivity index (χ1n) is 3.65. The van der Waals surface area contributed by atoms with Crippen molar-refractivity contribution in [2.75, 3.05) is 12.3 Å². The molecule has 4 N–H and O–H groups in total. The normalized spacial score (nSPS) is 10.8. The zero-order valence-corrected chi connectivity index (χ0v) is 7.38. The number of nitrogen functional groups attached to an aromatic ring is 1. The van der Waals surface area contributed by atoms with E-state index >= 15 is 0 Å². The van der Waals surface area contributed by atoms with Gasteiger partial charge in [-0.25, -0.2) is 0 Å². The third kappa shape index (κ3) is 2.26. The molecule has 0 saturated carbocycles. The monoisotopic (exact) mass is 182 g/mol. The summed E-state index contributed by atoms with van der Waals surface area (Å²) < 4.78 is 0. The Labute approximate surface area is 76.8 Å². The fourth-order valence-electron chi connectivity index (χ4n) is 0.851. The summed E-state index contributed by atoms with van der Waals surface area (Å²) >= 11 is 5.80. The van der Waals surface area contributed by atoms with Gasteiger partial charge in [0.05, 0.1) is 10.7 Å². The van der Waals surface area contributed by atoms with Crippen molar-refractivity contribution in [2.45, 2.75) is 0 Å². The third-order valence-corrected chi connectivity index (χ3v) is 1.80. The first-order chi connectivity index (χ1) is 5.74. The van der Waals surface area contributed by atoms with Crippen LogP contribution in [-0.2, 0) is 0 Å². The van der Waals surface area contributed by atoms with E-state index < -0.39 is 0 Å². The SMILES string of the molecule is NCC=Cc1ccc(N)c(Cl)c1. The Morgan fingerprint density at radius 1 is 1.42 bits per heavy atom. The van der Waals surface area contributed by atoms with Gasteiger partial charge >= 0.3 is 0 Å². The quantitative estimate of drug-likeness (QED) is 0.687. The van der Waals surface area contributed by atoms with Crippen molar-refractivity contribution in [3.63, 3.8) is 0 Å². The maximum atomic E-state index is 5.80. The van der Waals surface area contributed by atoms with Crippen LogP contribution in [-0.4, -0.2) is 6.54 Å². The Balaban J connectivity index is 2.89.